The molecule has 3 N–H and O–H groups in total. The van der Waals surface area contributed by atoms with Gasteiger partial charge in [-0.25, -0.2) is 0 Å². The van der Waals surface area contributed by atoms with Crippen molar-refractivity contribution in [2.45, 2.75) is 6.04 Å². The summed E-state index contributed by atoms with van der Waals surface area (Å²) >= 11 is 7.67. The van der Waals surface area contributed by atoms with E-state index < -0.39 is 4.92 Å². The number of carbonyl (C=O) groups excluding carboxylic acids is 1. The largest absolute Gasteiger partial charge is 0.328 e. The molecule has 0 fully saturated rings. The summed E-state index contributed by atoms with van der Waals surface area (Å²) in [6.07, 6.45) is 0. The number of nitrogens with zero attached hydrogens (tertiary/aromatic N) is 1. The van der Waals surface area contributed by atoms with E-state index in [0.29, 0.717) is 5.69 Å². The zero-order valence-electron chi connectivity index (χ0n) is 14.2. The summed E-state index contributed by atoms with van der Waals surface area (Å²) < 4.78 is 0. The van der Waals surface area contributed by atoms with Crippen molar-refractivity contribution < 1.29 is 15.0 Å². The smallest absolute Gasteiger partial charge is 0.279 e. The van der Waals surface area contributed by atoms with E-state index in [2.05, 4.69) is 5.32 Å². The highest BCUT2D eigenvalue weighted by Gasteiger charge is 2.20. The van der Waals surface area contributed by atoms with Crippen molar-refractivity contribution in [2.24, 2.45) is 0 Å². The molecular formula is C19H17ClN3O3S+. The number of thiophene rings is 1. The molecule has 1 amide bonds. The summed E-state index contributed by atoms with van der Waals surface area (Å²) in [4.78, 5) is 23.7. The Morgan fingerprint density at radius 1 is 1.19 bits per heavy atom. The highest BCUT2D eigenvalue weighted by atomic mass is 35.5. The van der Waals surface area contributed by atoms with Gasteiger partial charge in [-0.1, -0.05) is 48.0 Å². The number of quaternary nitrogens is 1. The maximum absolute atomic E-state index is 12.4. The summed E-state index contributed by atoms with van der Waals surface area (Å²) in [5.74, 6) is -0.233. The Bertz CT molecular complexity index is 933. The third-order valence-electron chi connectivity index (χ3n) is 3.98. The molecule has 2 aromatic carbocycles. The van der Waals surface area contributed by atoms with Gasteiger partial charge in [-0.15, -0.1) is 11.3 Å². The summed E-state index contributed by atoms with van der Waals surface area (Å²) in [5.41, 5.74) is 1.35. The lowest BCUT2D eigenvalue weighted by atomic mass is 10.1. The predicted molar refractivity (Wildman–Crippen MR) is 106 cm³/mol. The number of benzene rings is 2. The fourth-order valence-corrected chi connectivity index (χ4v) is 3.76. The number of hydrogen-bond acceptors (Lipinski definition) is 4. The number of nitrogens with one attached hydrogen (secondary N) is 1. The van der Waals surface area contributed by atoms with Crippen molar-refractivity contribution in [1.82, 2.24) is 0 Å². The molecule has 138 valence electrons. The summed E-state index contributed by atoms with van der Waals surface area (Å²) in [6, 6.07) is 18.0. The van der Waals surface area contributed by atoms with Gasteiger partial charge in [0, 0.05) is 17.7 Å². The monoisotopic (exact) mass is 402 g/mol. The van der Waals surface area contributed by atoms with E-state index >= 15 is 0 Å². The zero-order valence-corrected chi connectivity index (χ0v) is 15.7. The molecule has 0 spiro atoms. The minimum absolute atomic E-state index is 0.0179. The number of amides is 1. The quantitative estimate of drug-likeness (QED) is 0.467. The normalized spacial score (nSPS) is 11.7. The lowest BCUT2D eigenvalue weighted by molar-refractivity contribution is -0.675. The van der Waals surface area contributed by atoms with Gasteiger partial charge in [0.15, 0.2) is 6.54 Å². The number of carbonyl (C=O) groups is 1. The Kier molecular flexibility index (Phi) is 6.18. The lowest BCUT2D eigenvalue weighted by Crippen LogP contribution is -2.87. The molecule has 27 heavy (non-hydrogen) atoms. The van der Waals surface area contributed by atoms with E-state index in [4.69, 9.17) is 11.6 Å². The van der Waals surface area contributed by atoms with Crippen LogP contribution in [0.2, 0.25) is 5.02 Å². The van der Waals surface area contributed by atoms with E-state index in [0.717, 1.165) is 10.4 Å². The van der Waals surface area contributed by atoms with Crippen molar-refractivity contribution in [1.29, 1.82) is 0 Å². The van der Waals surface area contributed by atoms with Crippen LogP contribution < -0.4 is 10.6 Å². The molecule has 0 saturated carbocycles. The summed E-state index contributed by atoms with van der Waals surface area (Å²) in [6.45, 7) is 0.185. The van der Waals surface area contributed by atoms with Gasteiger partial charge in [0.2, 0.25) is 0 Å². The van der Waals surface area contributed by atoms with Crippen molar-refractivity contribution >= 4 is 40.2 Å². The number of nitro groups is 1. The van der Waals surface area contributed by atoms with Gasteiger partial charge in [0.1, 0.15) is 6.04 Å². The van der Waals surface area contributed by atoms with E-state index in [-0.39, 0.29) is 29.2 Å². The zero-order chi connectivity index (χ0) is 19.2. The number of nitrogens with two attached hydrogens (primary N) is 1. The highest BCUT2D eigenvalue weighted by molar-refractivity contribution is 7.10. The average Bonchev–Trinajstić information content (AvgIpc) is 3.19. The Balaban J connectivity index is 1.67. The van der Waals surface area contributed by atoms with Gasteiger partial charge in [0.25, 0.3) is 11.6 Å². The van der Waals surface area contributed by atoms with Crippen molar-refractivity contribution in [2.75, 3.05) is 11.9 Å². The van der Waals surface area contributed by atoms with Gasteiger partial charge in [-0.3, -0.25) is 14.9 Å². The van der Waals surface area contributed by atoms with Crippen LogP contribution in [-0.2, 0) is 4.79 Å². The standard InChI is InChI=1S/C19H16ClN3O3S/c20-15-11-14(23(25)26)8-9-16(15)22-18(24)12-21-19(17-7-4-10-27-17)13-5-2-1-3-6-13/h1-11,19,21H,12H2,(H,22,24)/p+1/t19-/m0/s1. The second kappa shape index (κ2) is 8.77. The van der Waals surface area contributed by atoms with Crippen molar-refractivity contribution in [3.8, 4) is 0 Å². The highest BCUT2D eigenvalue weighted by Crippen LogP contribution is 2.26. The first-order valence-electron chi connectivity index (χ1n) is 8.20. The Morgan fingerprint density at radius 2 is 1.96 bits per heavy atom. The van der Waals surface area contributed by atoms with Crippen LogP contribution in [0.4, 0.5) is 11.4 Å². The molecular weight excluding hydrogens is 386 g/mol. The summed E-state index contributed by atoms with van der Waals surface area (Å²) in [7, 11) is 0. The fourth-order valence-electron chi connectivity index (χ4n) is 2.69. The number of anilines is 1. The number of non-ortho nitro benzene ring substituents is 1. The number of rotatable bonds is 7. The Morgan fingerprint density at radius 3 is 2.59 bits per heavy atom. The molecule has 0 unspecified atom stereocenters. The van der Waals surface area contributed by atoms with Gasteiger partial charge in [-0.2, -0.15) is 0 Å². The molecule has 0 saturated heterocycles. The van der Waals surface area contributed by atoms with Crippen LogP contribution >= 0.6 is 22.9 Å². The molecule has 0 aliphatic heterocycles. The molecule has 0 bridgehead atoms. The third-order valence-corrected chi connectivity index (χ3v) is 5.25. The topological polar surface area (TPSA) is 88.8 Å². The van der Waals surface area contributed by atoms with Gasteiger partial charge in [0.05, 0.1) is 20.5 Å². The molecule has 1 heterocycles. The number of hydrogen-bond donors (Lipinski definition) is 2. The minimum Gasteiger partial charge on any atom is -0.328 e. The molecule has 0 aliphatic rings. The summed E-state index contributed by atoms with van der Waals surface area (Å²) in [5, 5.41) is 17.6. The predicted octanol–water partition coefficient (Wildman–Crippen LogP) is 3.60. The molecule has 1 atom stereocenters. The van der Waals surface area contributed by atoms with Crippen LogP contribution in [-0.4, -0.2) is 17.4 Å². The third kappa shape index (κ3) is 4.91. The molecule has 6 nitrogen and oxygen atoms in total. The second-order valence-electron chi connectivity index (χ2n) is 5.81. The fraction of sp³-hybridized carbons (Fsp3) is 0.105. The van der Waals surface area contributed by atoms with Crippen LogP contribution in [0.25, 0.3) is 0 Å². The van der Waals surface area contributed by atoms with E-state index in [9.17, 15) is 14.9 Å². The van der Waals surface area contributed by atoms with Crippen LogP contribution in [0.1, 0.15) is 16.5 Å². The van der Waals surface area contributed by atoms with Gasteiger partial charge < -0.3 is 10.6 Å². The van der Waals surface area contributed by atoms with Gasteiger partial charge in [-0.05, 0) is 17.5 Å². The maximum Gasteiger partial charge on any atom is 0.279 e. The molecule has 3 rings (SSSR count). The van der Waals surface area contributed by atoms with Crippen LogP contribution in [0.3, 0.4) is 0 Å². The lowest BCUT2D eigenvalue weighted by Gasteiger charge is -2.15. The first-order valence-corrected chi connectivity index (χ1v) is 9.46. The maximum atomic E-state index is 12.4. The van der Waals surface area contributed by atoms with Crippen LogP contribution in [0.5, 0.6) is 0 Å². The first kappa shape index (κ1) is 19.0. The molecule has 1 aromatic heterocycles. The van der Waals surface area contributed by atoms with Crippen molar-refractivity contribution in [3.05, 3.63) is 91.6 Å². The molecule has 3 aromatic rings. The first-order chi connectivity index (χ1) is 13.0. The average molecular weight is 403 g/mol. The van der Waals surface area contributed by atoms with Gasteiger partial charge >= 0.3 is 0 Å². The van der Waals surface area contributed by atoms with E-state index in [1.165, 1.54) is 18.2 Å². The Hall–Kier alpha value is -2.74. The minimum atomic E-state index is -0.531. The number of nitro benzene ring substituents is 1. The Labute approximate surface area is 164 Å². The molecule has 0 aliphatic carbocycles. The van der Waals surface area contributed by atoms with Crippen LogP contribution in [0, 0.1) is 10.1 Å². The molecule has 0 radical (unpaired) electrons. The van der Waals surface area contributed by atoms with Crippen LogP contribution in [0.15, 0.2) is 66.0 Å². The molecule has 8 heteroatoms. The van der Waals surface area contributed by atoms with E-state index in [1.807, 2.05) is 53.2 Å². The van der Waals surface area contributed by atoms with E-state index in [1.54, 1.807) is 11.3 Å². The second-order valence-corrected chi connectivity index (χ2v) is 7.20. The number of halogens is 1. The SMILES string of the molecule is O=C(C[NH2+][C@@H](c1ccccc1)c1cccs1)Nc1ccc([N+](=O)[O-])cc1Cl. The van der Waals surface area contributed by atoms with Crippen molar-refractivity contribution in [3.63, 3.8) is 0 Å².